The molecule has 0 bridgehead atoms. The van der Waals surface area contributed by atoms with Gasteiger partial charge in [0.15, 0.2) is 0 Å². The van der Waals surface area contributed by atoms with Crippen LogP contribution in [0, 0.1) is 16.7 Å². The van der Waals surface area contributed by atoms with Gasteiger partial charge in [-0.2, -0.15) is 5.26 Å². The van der Waals surface area contributed by atoms with Crippen molar-refractivity contribution in [1.29, 1.82) is 5.26 Å². The fraction of sp³-hybridized carbons (Fsp3) is 0.296. The summed E-state index contributed by atoms with van der Waals surface area (Å²) in [5.41, 5.74) is 3.22. The van der Waals surface area contributed by atoms with Crippen molar-refractivity contribution < 1.29 is 9.59 Å². The highest BCUT2D eigenvalue weighted by Gasteiger charge is 2.54. The molecule has 0 radical (unpaired) electrons. The van der Waals surface area contributed by atoms with Crippen molar-refractivity contribution in [2.45, 2.75) is 19.4 Å². The van der Waals surface area contributed by atoms with Crippen LogP contribution in [-0.4, -0.2) is 52.9 Å². The highest BCUT2D eigenvalue weighted by atomic mass is 35.5. The summed E-state index contributed by atoms with van der Waals surface area (Å²) in [4.78, 5) is 40.4. The maximum atomic E-state index is 13.3. The van der Waals surface area contributed by atoms with E-state index >= 15 is 0 Å². The lowest BCUT2D eigenvalue weighted by Gasteiger charge is -2.60. The molecular formula is C27H23ClN6O2. The molecule has 0 N–H and O–H groups in total. The second-order valence-corrected chi connectivity index (χ2v) is 10.8. The van der Waals surface area contributed by atoms with Crippen molar-refractivity contribution in [3.05, 3.63) is 82.4 Å². The zero-order chi connectivity index (χ0) is 25.2. The van der Waals surface area contributed by atoms with E-state index in [9.17, 15) is 14.9 Å². The van der Waals surface area contributed by atoms with Gasteiger partial charge < -0.3 is 9.80 Å². The Morgan fingerprint density at radius 1 is 1.08 bits per heavy atom. The third-order valence-corrected chi connectivity index (χ3v) is 7.72. The zero-order valence-corrected chi connectivity index (χ0v) is 20.7. The van der Waals surface area contributed by atoms with Gasteiger partial charge in [0.05, 0.1) is 34.9 Å². The van der Waals surface area contributed by atoms with Gasteiger partial charge in [0.2, 0.25) is 0 Å². The summed E-state index contributed by atoms with van der Waals surface area (Å²) in [6.45, 7) is 6.87. The number of carbonyl (C=O) groups excluding carboxylic acids is 2. The second kappa shape index (κ2) is 7.77. The minimum atomic E-state index is -0.559. The number of pyridine rings is 2. The second-order valence-electron chi connectivity index (χ2n) is 10.3. The van der Waals surface area contributed by atoms with Crippen LogP contribution >= 0.6 is 11.6 Å². The average Bonchev–Trinajstić information content (AvgIpc) is 3.01. The van der Waals surface area contributed by atoms with E-state index in [1.54, 1.807) is 40.3 Å². The highest BCUT2D eigenvalue weighted by molar-refractivity contribution is 6.31. The van der Waals surface area contributed by atoms with Crippen LogP contribution in [0.5, 0.6) is 0 Å². The lowest BCUT2D eigenvalue weighted by Crippen LogP contribution is -2.73. The van der Waals surface area contributed by atoms with Gasteiger partial charge >= 0.3 is 0 Å². The van der Waals surface area contributed by atoms with Gasteiger partial charge in [-0.05, 0) is 55.8 Å². The first-order valence-corrected chi connectivity index (χ1v) is 12.1. The smallest absolute Gasteiger partial charge is 0.273 e. The van der Waals surface area contributed by atoms with Crippen LogP contribution < -0.4 is 9.80 Å². The molecule has 0 aliphatic carbocycles. The van der Waals surface area contributed by atoms with Gasteiger partial charge in [0.25, 0.3) is 11.8 Å². The Bertz CT molecular complexity index is 1470. The summed E-state index contributed by atoms with van der Waals surface area (Å²) in [5, 5.41) is 9.88. The third-order valence-electron chi connectivity index (χ3n) is 7.49. The lowest BCUT2D eigenvalue weighted by atomic mass is 9.72. The van der Waals surface area contributed by atoms with Gasteiger partial charge in [-0.25, -0.2) is 4.98 Å². The van der Waals surface area contributed by atoms with Crippen molar-refractivity contribution in [2.75, 3.05) is 36.0 Å². The van der Waals surface area contributed by atoms with E-state index in [0.29, 0.717) is 29.2 Å². The van der Waals surface area contributed by atoms with Gasteiger partial charge in [-0.1, -0.05) is 11.6 Å². The molecular weight excluding hydrogens is 476 g/mol. The van der Waals surface area contributed by atoms with E-state index in [0.717, 1.165) is 30.0 Å². The van der Waals surface area contributed by atoms with Crippen LogP contribution in [0.3, 0.4) is 0 Å². The maximum absolute atomic E-state index is 13.3. The molecule has 0 unspecified atom stereocenters. The molecule has 3 aromatic rings. The Morgan fingerprint density at radius 2 is 1.83 bits per heavy atom. The number of aromatic nitrogens is 2. The van der Waals surface area contributed by atoms with Crippen molar-refractivity contribution in [1.82, 2.24) is 14.9 Å². The predicted molar refractivity (Wildman–Crippen MR) is 135 cm³/mol. The highest BCUT2D eigenvalue weighted by Crippen LogP contribution is 2.45. The number of fused-ring (bicyclic) bond motifs is 1. The van der Waals surface area contributed by atoms with E-state index in [1.165, 1.54) is 6.20 Å². The van der Waals surface area contributed by atoms with Crippen LogP contribution in [-0.2, 0) is 5.54 Å². The third kappa shape index (κ3) is 3.27. The number of halogens is 1. The molecule has 2 aromatic heterocycles. The van der Waals surface area contributed by atoms with Gasteiger partial charge in [0.1, 0.15) is 11.8 Å². The molecule has 9 heteroatoms. The number of likely N-dealkylation sites (tertiary alicyclic amines) is 1. The Hall–Kier alpha value is -3.96. The quantitative estimate of drug-likeness (QED) is 0.544. The molecule has 0 saturated carbocycles. The van der Waals surface area contributed by atoms with Crippen molar-refractivity contribution in [3.8, 4) is 6.07 Å². The predicted octanol–water partition coefficient (Wildman–Crippen LogP) is 3.86. The molecule has 1 aromatic carbocycles. The van der Waals surface area contributed by atoms with Crippen LogP contribution in [0.2, 0.25) is 5.02 Å². The van der Waals surface area contributed by atoms with E-state index in [-0.39, 0.29) is 22.9 Å². The number of anilines is 2. The first kappa shape index (κ1) is 22.5. The summed E-state index contributed by atoms with van der Waals surface area (Å²) < 4.78 is 0. The number of benzene rings is 1. The summed E-state index contributed by atoms with van der Waals surface area (Å²) >= 11 is 6.22. The summed E-state index contributed by atoms with van der Waals surface area (Å²) in [6.07, 6.45) is 5.06. The first-order valence-electron chi connectivity index (χ1n) is 11.7. The van der Waals surface area contributed by atoms with Gasteiger partial charge in [-0.15, -0.1) is 0 Å². The van der Waals surface area contributed by atoms with E-state index in [2.05, 4.69) is 14.9 Å². The van der Waals surface area contributed by atoms with Gasteiger partial charge in [0, 0.05) is 48.4 Å². The molecule has 0 atom stereocenters. The standard InChI is InChI=1S/C27H23ClN6O2/c1-26(2)22-8-18(28)5-6-21(22)24(35)34(26)20-9-19(11-30-12-20)32-13-27(14-32)15-33(16-27)25(36)23-17(10-29)4-3-7-31-23/h3-9,11-12H,13-16H2,1-2H3. The van der Waals surface area contributed by atoms with Crippen molar-refractivity contribution in [3.63, 3.8) is 0 Å². The summed E-state index contributed by atoms with van der Waals surface area (Å²) in [6, 6.07) is 12.7. The lowest BCUT2D eigenvalue weighted by molar-refractivity contribution is -0.0109. The maximum Gasteiger partial charge on any atom is 0.273 e. The number of nitriles is 1. The van der Waals surface area contributed by atoms with Gasteiger partial charge in [-0.3, -0.25) is 19.5 Å². The molecule has 3 aliphatic heterocycles. The van der Waals surface area contributed by atoms with E-state index < -0.39 is 5.54 Å². The van der Waals surface area contributed by atoms with E-state index in [1.807, 2.05) is 38.2 Å². The normalized spacial score (nSPS) is 18.9. The molecule has 1 spiro atoms. The van der Waals surface area contributed by atoms with Crippen LogP contribution in [0.25, 0.3) is 0 Å². The number of rotatable bonds is 3. The number of carbonyl (C=O) groups is 2. The molecule has 36 heavy (non-hydrogen) atoms. The largest absolute Gasteiger partial charge is 0.369 e. The zero-order valence-electron chi connectivity index (χ0n) is 19.9. The fourth-order valence-electron chi connectivity index (χ4n) is 5.72. The minimum absolute atomic E-state index is 0.0307. The minimum Gasteiger partial charge on any atom is -0.369 e. The molecule has 2 saturated heterocycles. The topological polar surface area (TPSA) is 93.4 Å². The Kier molecular flexibility index (Phi) is 4.86. The molecule has 3 aliphatic rings. The van der Waals surface area contributed by atoms with Crippen LogP contribution in [0.4, 0.5) is 11.4 Å². The van der Waals surface area contributed by atoms with Crippen molar-refractivity contribution >= 4 is 34.8 Å². The fourth-order valence-corrected chi connectivity index (χ4v) is 5.90. The molecule has 180 valence electrons. The number of hydrogen-bond donors (Lipinski definition) is 0. The summed E-state index contributed by atoms with van der Waals surface area (Å²) in [7, 11) is 0. The number of amides is 2. The van der Waals surface area contributed by atoms with E-state index in [4.69, 9.17) is 11.6 Å². The molecule has 8 nitrogen and oxygen atoms in total. The monoisotopic (exact) mass is 498 g/mol. The molecule has 6 rings (SSSR count). The van der Waals surface area contributed by atoms with Crippen molar-refractivity contribution in [2.24, 2.45) is 5.41 Å². The molecule has 2 amide bonds. The first-order chi connectivity index (χ1) is 17.2. The Balaban J connectivity index is 1.16. The summed E-state index contributed by atoms with van der Waals surface area (Å²) in [5.74, 6) is -0.264. The SMILES string of the molecule is CC1(C)c2cc(Cl)ccc2C(=O)N1c1cncc(N2CC3(CN(C(=O)c4ncccc4C#N)C3)C2)c1. The van der Waals surface area contributed by atoms with Crippen LogP contribution in [0.15, 0.2) is 55.0 Å². The molecule has 2 fully saturated rings. The molecule has 5 heterocycles. The van der Waals surface area contributed by atoms with Crippen LogP contribution in [0.1, 0.15) is 45.8 Å². The Morgan fingerprint density at radius 3 is 2.58 bits per heavy atom. The number of hydrogen-bond acceptors (Lipinski definition) is 6. The number of nitrogens with zero attached hydrogens (tertiary/aromatic N) is 6. The average molecular weight is 499 g/mol. The Labute approximate surface area is 213 Å².